The molecule has 1 heterocycles. The number of benzene rings is 2. The van der Waals surface area contributed by atoms with Crippen LogP contribution in [0.2, 0.25) is 0 Å². The van der Waals surface area contributed by atoms with Crippen LogP contribution in [0.1, 0.15) is 36.8 Å². The third-order valence-electron chi connectivity index (χ3n) is 5.36. The molecular weight excluding hydrogens is 333 g/mol. The Labute approximate surface area is 152 Å². The predicted molar refractivity (Wildman–Crippen MR) is 97.3 cm³/mol. The number of anilines is 1. The molecule has 2 aromatic carbocycles. The SMILES string of the molecule is Cc1ccc(F)c(NC(=O)C2(c3ccc4c(c3)OCCO4)CCCC2)c1. The van der Waals surface area contributed by atoms with Gasteiger partial charge >= 0.3 is 0 Å². The second-order valence-corrected chi connectivity index (χ2v) is 7.09. The lowest BCUT2D eigenvalue weighted by atomic mass is 9.77. The van der Waals surface area contributed by atoms with Gasteiger partial charge in [0.05, 0.1) is 11.1 Å². The number of hydrogen-bond donors (Lipinski definition) is 1. The Morgan fingerprint density at radius 2 is 1.77 bits per heavy atom. The molecule has 2 aliphatic rings. The third-order valence-corrected chi connectivity index (χ3v) is 5.36. The van der Waals surface area contributed by atoms with Crippen LogP contribution in [-0.2, 0) is 10.2 Å². The van der Waals surface area contributed by atoms with Crippen molar-refractivity contribution < 1.29 is 18.7 Å². The molecule has 0 spiro atoms. The normalized spacial score (nSPS) is 17.8. The Morgan fingerprint density at radius 1 is 1.04 bits per heavy atom. The minimum absolute atomic E-state index is 0.156. The monoisotopic (exact) mass is 355 g/mol. The van der Waals surface area contributed by atoms with E-state index >= 15 is 0 Å². The number of rotatable bonds is 3. The van der Waals surface area contributed by atoms with Crippen molar-refractivity contribution in [2.45, 2.75) is 38.0 Å². The molecule has 4 rings (SSSR count). The Balaban J connectivity index is 1.68. The van der Waals surface area contributed by atoms with Crippen LogP contribution in [-0.4, -0.2) is 19.1 Å². The smallest absolute Gasteiger partial charge is 0.235 e. The van der Waals surface area contributed by atoms with Crippen molar-refractivity contribution >= 4 is 11.6 Å². The highest BCUT2D eigenvalue weighted by atomic mass is 19.1. The molecule has 4 nitrogen and oxygen atoms in total. The summed E-state index contributed by atoms with van der Waals surface area (Å²) in [7, 11) is 0. The molecule has 0 aromatic heterocycles. The summed E-state index contributed by atoms with van der Waals surface area (Å²) in [5, 5.41) is 2.83. The van der Waals surface area contributed by atoms with Crippen molar-refractivity contribution in [1.29, 1.82) is 0 Å². The van der Waals surface area contributed by atoms with Gasteiger partial charge in [-0.2, -0.15) is 0 Å². The molecule has 5 heteroatoms. The van der Waals surface area contributed by atoms with Gasteiger partial charge in [0.1, 0.15) is 19.0 Å². The van der Waals surface area contributed by atoms with Crippen molar-refractivity contribution in [1.82, 2.24) is 0 Å². The summed E-state index contributed by atoms with van der Waals surface area (Å²) >= 11 is 0. The first-order valence-electron chi connectivity index (χ1n) is 9.06. The molecule has 0 bridgehead atoms. The molecule has 136 valence electrons. The fraction of sp³-hybridized carbons (Fsp3) is 0.381. The van der Waals surface area contributed by atoms with Crippen LogP contribution in [0.3, 0.4) is 0 Å². The van der Waals surface area contributed by atoms with Crippen molar-refractivity contribution in [3.63, 3.8) is 0 Å². The van der Waals surface area contributed by atoms with Gasteiger partial charge in [-0.1, -0.05) is 25.0 Å². The van der Waals surface area contributed by atoms with Gasteiger partial charge in [0.25, 0.3) is 0 Å². The second-order valence-electron chi connectivity index (χ2n) is 7.09. The summed E-state index contributed by atoms with van der Waals surface area (Å²) < 4.78 is 25.4. The zero-order valence-electron chi connectivity index (χ0n) is 14.8. The average molecular weight is 355 g/mol. The Morgan fingerprint density at radius 3 is 2.54 bits per heavy atom. The van der Waals surface area contributed by atoms with Crippen LogP contribution in [0.4, 0.5) is 10.1 Å². The molecule has 0 radical (unpaired) electrons. The van der Waals surface area contributed by atoms with Crippen LogP contribution in [0.15, 0.2) is 36.4 Å². The minimum atomic E-state index is -0.661. The molecular formula is C21H22FNO3. The van der Waals surface area contributed by atoms with E-state index in [9.17, 15) is 9.18 Å². The molecule has 2 aromatic rings. The van der Waals surface area contributed by atoms with Gasteiger partial charge in [0, 0.05) is 0 Å². The number of ether oxygens (including phenoxy) is 2. The quantitative estimate of drug-likeness (QED) is 0.890. The van der Waals surface area contributed by atoms with Gasteiger partial charge in [-0.25, -0.2) is 4.39 Å². The fourth-order valence-corrected chi connectivity index (χ4v) is 3.94. The van der Waals surface area contributed by atoms with Gasteiger partial charge in [-0.15, -0.1) is 0 Å². The molecule has 1 aliphatic heterocycles. The van der Waals surface area contributed by atoms with E-state index in [1.807, 2.05) is 25.1 Å². The largest absolute Gasteiger partial charge is 0.486 e. The topological polar surface area (TPSA) is 47.6 Å². The first-order chi connectivity index (χ1) is 12.6. The zero-order valence-corrected chi connectivity index (χ0v) is 14.8. The summed E-state index contributed by atoms with van der Waals surface area (Å²) in [6, 6.07) is 10.5. The van der Waals surface area contributed by atoms with E-state index < -0.39 is 11.2 Å². The van der Waals surface area contributed by atoms with E-state index in [1.54, 1.807) is 12.1 Å². The summed E-state index contributed by atoms with van der Waals surface area (Å²) in [5.41, 5.74) is 1.39. The Kier molecular flexibility index (Phi) is 4.31. The van der Waals surface area contributed by atoms with Gasteiger partial charge in [0.2, 0.25) is 5.91 Å². The van der Waals surface area contributed by atoms with Crippen LogP contribution in [0.25, 0.3) is 0 Å². The first kappa shape index (κ1) is 16.9. The number of carbonyl (C=O) groups excluding carboxylic acids is 1. The summed E-state index contributed by atoms with van der Waals surface area (Å²) in [6.07, 6.45) is 3.42. The number of nitrogens with one attached hydrogen (secondary N) is 1. The molecule has 0 unspecified atom stereocenters. The van der Waals surface area contributed by atoms with E-state index in [0.29, 0.717) is 24.7 Å². The number of aryl methyl sites for hydroxylation is 1. The molecule has 1 fully saturated rings. The lowest BCUT2D eigenvalue weighted by Crippen LogP contribution is -2.38. The third kappa shape index (κ3) is 2.91. The van der Waals surface area contributed by atoms with E-state index in [1.165, 1.54) is 6.07 Å². The molecule has 0 atom stereocenters. The van der Waals surface area contributed by atoms with Crippen LogP contribution in [0.5, 0.6) is 11.5 Å². The van der Waals surface area contributed by atoms with E-state index in [2.05, 4.69) is 5.32 Å². The molecule has 0 saturated heterocycles. The second kappa shape index (κ2) is 6.63. The number of amides is 1. The predicted octanol–water partition coefficient (Wildman–Crippen LogP) is 4.36. The lowest BCUT2D eigenvalue weighted by molar-refractivity contribution is -0.121. The van der Waals surface area contributed by atoms with Crippen molar-refractivity contribution in [3.8, 4) is 11.5 Å². The minimum Gasteiger partial charge on any atom is -0.486 e. The highest BCUT2D eigenvalue weighted by Crippen LogP contribution is 2.45. The number of halogens is 1. The van der Waals surface area contributed by atoms with Gasteiger partial charge in [0.15, 0.2) is 11.5 Å². The maximum atomic E-state index is 14.1. The van der Waals surface area contributed by atoms with Crippen molar-refractivity contribution in [3.05, 3.63) is 53.3 Å². The highest BCUT2D eigenvalue weighted by Gasteiger charge is 2.43. The lowest BCUT2D eigenvalue weighted by Gasteiger charge is -2.30. The summed E-state index contributed by atoms with van der Waals surface area (Å²) in [4.78, 5) is 13.2. The standard InChI is InChI=1S/C21H22FNO3/c1-14-4-6-16(22)17(12-14)23-20(24)21(8-2-3-9-21)15-5-7-18-19(13-15)26-11-10-25-18/h4-7,12-13H,2-3,8-11H2,1H3,(H,23,24). The maximum Gasteiger partial charge on any atom is 0.235 e. The van der Waals surface area contributed by atoms with Crippen LogP contribution in [0, 0.1) is 12.7 Å². The van der Waals surface area contributed by atoms with E-state index in [-0.39, 0.29) is 11.6 Å². The summed E-state index contributed by atoms with van der Waals surface area (Å²) in [5.74, 6) is 0.809. The van der Waals surface area contributed by atoms with Crippen LogP contribution >= 0.6 is 0 Å². The van der Waals surface area contributed by atoms with Crippen molar-refractivity contribution in [2.24, 2.45) is 0 Å². The van der Waals surface area contributed by atoms with Crippen molar-refractivity contribution in [2.75, 3.05) is 18.5 Å². The average Bonchev–Trinajstić information content (AvgIpc) is 3.15. The maximum absolute atomic E-state index is 14.1. The highest BCUT2D eigenvalue weighted by molar-refractivity contribution is 5.99. The fourth-order valence-electron chi connectivity index (χ4n) is 3.94. The van der Waals surface area contributed by atoms with E-state index in [4.69, 9.17) is 9.47 Å². The Hall–Kier alpha value is -2.56. The summed E-state index contributed by atoms with van der Waals surface area (Å²) in [6.45, 7) is 2.91. The number of hydrogen-bond acceptors (Lipinski definition) is 3. The van der Waals surface area contributed by atoms with Gasteiger partial charge in [-0.3, -0.25) is 4.79 Å². The zero-order chi connectivity index (χ0) is 18.1. The Bertz CT molecular complexity index is 843. The molecule has 1 N–H and O–H groups in total. The number of carbonyl (C=O) groups is 1. The van der Waals surface area contributed by atoms with Gasteiger partial charge < -0.3 is 14.8 Å². The molecule has 1 amide bonds. The molecule has 1 aliphatic carbocycles. The molecule has 1 saturated carbocycles. The number of fused-ring (bicyclic) bond motifs is 1. The van der Waals surface area contributed by atoms with Gasteiger partial charge in [-0.05, 0) is 55.2 Å². The van der Waals surface area contributed by atoms with Crippen LogP contribution < -0.4 is 14.8 Å². The molecule has 26 heavy (non-hydrogen) atoms. The first-order valence-corrected chi connectivity index (χ1v) is 9.06. The van der Waals surface area contributed by atoms with E-state index in [0.717, 1.165) is 36.8 Å².